The van der Waals surface area contributed by atoms with Crippen LogP contribution < -0.4 is 5.43 Å². The number of amides is 2. The van der Waals surface area contributed by atoms with Gasteiger partial charge in [-0.25, -0.2) is 4.98 Å². The Labute approximate surface area is 122 Å². The van der Waals surface area contributed by atoms with Crippen LogP contribution in [0.3, 0.4) is 0 Å². The lowest BCUT2D eigenvalue weighted by Gasteiger charge is -2.17. The second-order valence-electron chi connectivity index (χ2n) is 4.51. The van der Waals surface area contributed by atoms with Gasteiger partial charge in [-0.2, -0.15) is 23.4 Å². The van der Waals surface area contributed by atoms with Gasteiger partial charge < -0.3 is 0 Å². The summed E-state index contributed by atoms with van der Waals surface area (Å²) >= 11 is 0. The minimum atomic E-state index is -4.72. The van der Waals surface area contributed by atoms with Gasteiger partial charge in [0.25, 0.3) is 11.8 Å². The highest BCUT2D eigenvalue weighted by Crippen LogP contribution is 2.32. The van der Waals surface area contributed by atoms with Gasteiger partial charge in [-0.3, -0.25) is 15.0 Å². The number of alkyl halides is 3. The molecule has 0 saturated carbocycles. The zero-order valence-corrected chi connectivity index (χ0v) is 11.4. The van der Waals surface area contributed by atoms with Crippen molar-refractivity contribution in [3.63, 3.8) is 0 Å². The van der Waals surface area contributed by atoms with Gasteiger partial charge in [0, 0.05) is 11.1 Å². The number of nitriles is 1. The third kappa shape index (κ3) is 2.50. The van der Waals surface area contributed by atoms with Crippen molar-refractivity contribution in [1.82, 2.24) is 9.99 Å². The number of aromatic nitrogens is 1. The summed E-state index contributed by atoms with van der Waals surface area (Å²) in [5, 5.41) is 9.40. The van der Waals surface area contributed by atoms with Crippen LogP contribution in [0.2, 0.25) is 0 Å². The van der Waals surface area contributed by atoms with Gasteiger partial charge in [-0.15, -0.1) is 0 Å². The fraction of sp³-hybridized carbons (Fsp3) is 0.231. The number of anilines is 1. The summed E-state index contributed by atoms with van der Waals surface area (Å²) in [6.45, 7) is 2.91. The third-order valence-electron chi connectivity index (χ3n) is 3.14. The Morgan fingerprint density at radius 1 is 1.18 bits per heavy atom. The Hall–Kier alpha value is -2.89. The molecule has 0 aliphatic carbocycles. The molecule has 2 rings (SSSR count). The van der Waals surface area contributed by atoms with Gasteiger partial charge in [0.15, 0.2) is 5.69 Å². The van der Waals surface area contributed by atoms with Crippen LogP contribution in [0.5, 0.6) is 0 Å². The molecule has 0 saturated heterocycles. The van der Waals surface area contributed by atoms with Crippen molar-refractivity contribution in [3.05, 3.63) is 34.5 Å². The second-order valence-corrected chi connectivity index (χ2v) is 4.51. The first-order valence-corrected chi connectivity index (χ1v) is 5.98. The molecule has 22 heavy (non-hydrogen) atoms. The molecule has 0 radical (unpaired) electrons. The average molecular weight is 310 g/mol. The maximum absolute atomic E-state index is 12.7. The molecule has 1 aliphatic heterocycles. The van der Waals surface area contributed by atoms with Crippen molar-refractivity contribution < 1.29 is 22.8 Å². The first kappa shape index (κ1) is 15.5. The lowest BCUT2D eigenvalue weighted by molar-refractivity contribution is -0.138. The maximum Gasteiger partial charge on any atom is 0.419 e. The van der Waals surface area contributed by atoms with E-state index in [0.29, 0.717) is 11.1 Å². The number of carbonyl (C=O) groups excluding carboxylic acids is 2. The third-order valence-corrected chi connectivity index (χ3v) is 3.14. The van der Waals surface area contributed by atoms with E-state index in [9.17, 15) is 22.8 Å². The minimum Gasteiger partial charge on any atom is -0.271 e. The fourth-order valence-electron chi connectivity index (χ4n) is 1.80. The number of hydrazine groups is 1. The monoisotopic (exact) mass is 310 g/mol. The van der Waals surface area contributed by atoms with E-state index in [1.807, 2.05) is 0 Å². The second kappa shape index (κ2) is 5.14. The first-order chi connectivity index (χ1) is 10.2. The molecule has 1 aromatic rings. The predicted octanol–water partition coefficient (Wildman–Crippen LogP) is 2.00. The molecule has 1 aromatic heterocycles. The van der Waals surface area contributed by atoms with Gasteiger partial charge in [-0.1, -0.05) is 0 Å². The molecular weight excluding hydrogens is 301 g/mol. The maximum atomic E-state index is 12.7. The van der Waals surface area contributed by atoms with Crippen molar-refractivity contribution in [2.75, 3.05) is 5.43 Å². The molecular formula is C13H9F3N4O2. The summed E-state index contributed by atoms with van der Waals surface area (Å²) < 4.78 is 38.0. The van der Waals surface area contributed by atoms with E-state index in [0.717, 1.165) is 6.07 Å². The van der Waals surface area contributed by atoms with E-state index in [2.05, 4.69) is 10.4 Å². The van der Waals surface area contributed by atoms with Crippen LogP contribution in [0.1, 0.15) is 25.1 Å². The van der Waals surface area contributed by atoms with Crippen LogP contribution in [0.15, 0.2) is 23.3 Å². The van der Waals surface area contributed by atoms with E-state index < -0.39 is 29.2 Å². The number of carbonyl (C=O) groups is 2. The number of pyridine rings is 1. The molecule has 9 heteroatoms. The molecule has 0 spiro atoms. The summed E-state index contributed by atoms with van der Waals surface area (Å²) in [7, 11) is 0. The summed E-state index contributed by atoms with van der Waals surface area (Å²) in [6.07, 6.45) is -4.72. The van der Waals surface area contributed by atoms with E-state index in [-0.39, 0.29) is 17.0 Å². The van der Waals surface area contributed by atoms with Gasteiger partial charge in [0.1, 0.15) is 11.9 Å². The highest BCUT2D eigenvalue weighted by atomic mass is 19.4. The topological polar surface area (TPSA) is 86.1 Å². The van der Waals surface area contributed by atoms with E-state index in [4.69, 9.17) is 5.26 Å². The van der Waals surface area contributed by atoms with E-state index in [1.165, 1.54) is 19.9 Å². The molecule has 0 atom stereocenters. The Bertz CT molecular complexity index is 723. The largest absolute Gasteiger partial charge is 0.419 e. The van der Waals surface area contributed by atoms with Crippen LogP contribution in [0.25, 0.3) is 0 Å². The molecule has 0 aromatic carbocycles. The van der Waals surface area contributed by atoms with Gasteiger partial charge >= 0.3 is 6.18 Å². The summed E-state index contributed by atoms with van der Waals surface area (Å²) in [4.78, 5) is 27.1. The minimum absolute atomic E-state index is 0.214. The fourth-order valence-corrected chi connectivity index (χ4v) is 1.80. The lowest BCUT2D eigenvalue weighted by Crippen LogP contribution is -2.37. The van der Waals surface area contributed by atoms with Crippen molar-refractivity contribution in [1.29, 1.82) is 5.26 Å². The quantitative estimate of drug-likeness (QED) is 0.844. The van der Waals surface area contributed by atoms with Crippen LogP contribution >= 0.6 is 0 Å². The molecule has 114 valence electrons. The van der Waals surface area contributed by atoms with E-state index in [1.54, 1.807) is 0 Å². The van der Waals surface area contributed by atoms with Crippen LogP contribution in [-0.4, -0.2) is 21.8 Å². The Balaban J connectivity index is 2.32. The van der Waals surface area contributed by atoms with Crippen molar-refractivity contribution in [2.45, 2.75) is 20.0 Å². The zero-order valence-electron chi connectivity index (χ0n) is 11.4. The SMILES string of the molecule is CC1=C(C)C(=O)N(Nc2ccc(C(F)(F)F)c(C#N)n2)C1=O. The number of imide groups is 1. The van der Waals surface area contributed by atoms with Crippen LogP contribution in [0.4, 0.5) is 19.0 Å². The molecule has 0 bridgehead atoms. The van der Waals surface area contributed by atoms with Crippen molar-refractivity contribution >= 4 is 17.6 Å². The zero-order chi connectivity index (χ0) is 16.7. The Kier molecular flexibility index (Phi) is 3.62. The van der Waals surface area contributed by atoms with Gasteiger partial charge in [0.05, 0.1) is 5.56 Å². The molecule has 1 N–H and O–H groups in total. The summed E-state index contributed by atoms with van der Waals surface area (Å²) in [5.74, 6) is -1.46. The number of rotatable bonds is 2. The highest BCUT2D eigenvalue weighted by molar-refractivity contribution is 6.19. The molecule has 6 nitrogen and oxygen atoms in total. The predicted molar refractivity (Wildman–Crippen MR) is 67.8 cm³/mol. The molecule has 1 aliphatic rings. The molecule has 2 heterocycles. The van der Waals surface area contributed by atoms with Gasteiger partial charge in [-0.05, 0) is 26.0 Å². The lowest BCUT2D eigenvalue weighted by atomic mass is 10.2. The average Bonchev–Trinajstić information content (AvgIpc) is 2.64. The number of nitrogens with one attached hydrogen (secondary N) is 1. The molecule has 0 unspecified atom stereocenters. The number of hydrogen-bond acceptors (Lipinski definition) is 5. The number of hydrogen-bond donors (Lipinski definition) is 1. The van der Waals surface area contributed by atoms with E-state index >= 15 is 0 Å². The van der Waals surface area contributed by atoms with Crippen molar-refractivity contribution in [3.8, 4) is 6.07 Å². The molecule has 2 amide bonds. The smallest absolute Gasteiger partial charge is 0.271 e. The van der Waals surface area contributed by atoms with Crippen LogP contribution in [-0.2, 0) is 15.8 Å². The Morgan fingerprint density at radius 2 is 1.73 bits per heavy atom. The van der Waals surface area contributed by atoms with Crippen molar-refractivity contribution in [2.24, 2.45) is 0 Å². The standard InChI is InChI=1S/C13H9F3N4O2/c1-6-7(2)12(22)20(11(6)21)19-10-4-3-8(13(14,15)16)9(5-17)18-10/h3-4H,1-2H3,(H,18,19). The highest BCUT2D eigenvalue weighted by Gasteiger charge is 2.36. The first-order valence-electron chi connectivity index (χ1n) is 5.98. The number of nitrogens with zero attached hydrogens (tertiary/aromatic N) is 3. The number of halogens is 3. The van der Waals surface area contributed by atoms with Gasteiger partial charge in [0.2, 0.25) is 0 Å². The van der Waals surface area contributed by atoms with Crippen LogP contribution in [0, 0.1) is 11.3 Å². The normalized spacial score (nSPS) is 15.4. The summed E-state index contributed by atoms with van der Waals surface area (Å²) in [5.41, 5.74) is 0.732. The Morgan fingerprint density at radius 3 is 2.18 bits per heavy atom. The summed E-state index contributed by atoms with van der Waals surface area (Å²) in [6, 6.07) is 2.93. The molecule has 0 fully saturated rings.